The molecule has 0 atom stereocenters. The Morgan fingerprint density at radius 3 is 2.90 bits per heavy atom. The van der Waals surface area contributed by atoms with Crippen LogP contribution in [0.1, 0.15) is 19.3 Å². The predicted molar refractivity (Wildman–Crippen MR) is 79.2 cm³/mol. The second kappa shape index (κ2) is 7.71. The van der Waals surface area contributed by atoms with Gasteiger partial charge in [-0.2, -0.15) is 0 Å². The van der Waals surface area contributed by atoms with Gasteiger partial charge < -0.3 is 15.4 Å². The Labute approximate surface area is 126 Å². The lowest BCUT2D eigenvalue weighted by Gasteiger charge is -2.22. The van der Waals surface area contributed by atoms with Gasteiger partial charge in [0.1, 0.15) is 5.82 Å². The van der Waals surface area contributed by atoms with Crippen LogP contribution in [0.3, 0.4) is 0 Å². The Bertz CT molecular complexity index is 464. The second-order valence-corrected chi connectivity index (χ2v) is 5.60. The van der Waals surface area contributed by atoms with Crippen molar-refractivity contribution >= 4 is 27.5 Å². The topological polar surface area (TPSA) is 50.4 Å². The molecule has 1 aromatic carbocycles. The summed E-state index contributed by atoms with van der Waals surface area (Å²) in [5.74, 6) is -0.477. The molecule has 110 valence electrons. The van der Waals surface area contributed by atoms with Gasteiger partial charge in [0, 0.05) is 4.47 Å². The minimum atomic E-state index is -0.343. The van der Waals surface area contributed by atoms with Crippen molar-refractivity contribution in [1.29, 1.82) is 0 Å². The molecule has 1 fully saturated rings. The van der Waals surface area contributed by atoms with Crippen LogP contribution in [0.4, 0.5) is 10.1 Å². The molecule has 0 aliphatic carbocycles. The van der Waals surface area contributed by atoms with E-state index in [4.69, 9.17) is 4.74 Å². The molecule has 1 saturated heterocycles. The average molecular weight is 345 g/mol. The maximum atomic E-state index is 12.9. The number of benzene rings is 1. The number of carbonyl (C=O) groups excluding carboxylic acids is 1. The summed E-state index contributed by atoms with van der Waals surface area (Å²) in [5, 5.41) is 5.99. The van der Waals surface area contributed by atoms with Gasteiger partial charge in [-0.05, 0) is 60.1 Å². The van der Waals surface area contributed by atoms with Crippen LogP contribution < -0.4 is 10.6 Å². The van der Waals surface area contributed by atoms with E-state index in [1.807, 2.05) is 0 Å². The van der Waals surface area contributed by atoms with E-state index in [2.05, 4.69) is 26.6 Å². The number of halogens is 2. The maximum Gasteiger partial charge on any atom is 0.226 e. The molecule has 2 rings (SSSR count). The van der Waals surface area contributed by atoms with Crippen LogP contribution in [-0.2, 0) is 9.53 Å². The fraction of sp³-hybridized carbons (Fsp3) is 0.500. The SMILES string of the molecule is O=C(CCOC1CCNCC1)Nc1ccc(F)cc1Br. The number of ether oxygens (including phenoxy) is 1. The first-order valence-corrected chi connectivity index (χ1v) is 7.51. The minimum Gasteiger partial charge on any atom is -0.378 e. The Hall–Kier alpha value is -0.980. The molecular formula is C14H18BrFN2O2. The third-order valence-corrected chi connectivity index (χ3v) is 3.83. The van der Waals surface area contributed by atoms with Crippen LogP contribution in [-0.4, -0.2) is 31.7 Å². The fourth-order valence-electron chi connectivity index (χ4n) is 2.08. The Kier molecular flexibility index (Phi) is 5.94. The van der Waals surface area contributed by atoms with Crippen molar-refractivity contribution in [2.45, 2.75) is 25.4 Å². The number of amides is 1. The first-order valence-electron chi connectivity index (χ1n) is 6.72. The van der Waals surface area contributed by atoms with E-state index >= 15 is 0 Å². The van der Waals surface area contributed by atoms with Crippen LogP contribution in [0.2, 0.25) is 0 Å². The third kappa shape index (κ3) is 4.85. The van der Waals surface area contributed by atoms with Gasteiger partial charge >= 0.3 is 0 Å². The molecule has 1 heterocycles. The number of rotatable bonds is 5. The number of carbonyl (C=O) groups is 1. The summed E-state index contributed by atoms with van der Waals surface area (Å²) in [5.41, 5.74) is 0.568. The summed E-state index contributed by atoms with van der Waals surface area (Å²) in [4.78, 5) is 11.8. The first kappa shape index (κ1) is 15.4. The molecule has 0 radical (unpaired) electrons. The molecule has 1 aliphatic rings. The lowest BCUT2D eigenvalue weighted by atomic mass is 10.1. The van der Waals surface area contributed by atoms with Gasteiger partial charge in [-0.3, -0.25) is 4.79 Å². The monoisotopic (exact) mass is 344 g/mol. The molecule has 0 unspecified atom stereocenters. The van der Waals surface area contributed by atoms with Crippen LogP contribution in [0.25, 0.3) is 0 Å². The zero-order valence-electron chi connectivity index (χ0n) is 11.1. The zero-order chi connectivity index (χ0) is 14.4. The first-order chi connectivity index (χ1) is 9.65. The predicted octanol–water partition coefficient (Wildman–Crippen LogP) is 2.69. The van der Waals surface area contributed by atoms with E-state index in [1.165, 1.54) is 18.2 Å². The van der Waals surface area contributed by atoms with Crippen molar-refractivity contribution in [1.82, 2.24) is 5.32 Å². The number of anilines is 1. The number of nitrogens with one attached hydrogen (secondary N) is 2. The van der Waals surface area contributed by atoms with E-state index < -0.39 is 0 Å². The molecule has 4 nitrogen and oxygen atoms in total. The van der Waals surface area contributed by atoms with Crippen LogP contribution in [0.15, 0.2) is 22.7 Å². The highest BCUT2D eigenvalue weighted by Crippen LogP contribution is 2.23. The lowest BCUT2D eigenvalue weighted by molar-refractivity contribution is -0.117. The van der Waals surface area contributed by atoms with Crippen molar-refractivity contribution in [2.24, 2.45) is 0 Å². The third-order valence-electron chi connectivity index (χ3n) is 3.17. The Morgan fingerprint density at radius 2 is 2.20 bits per heavy atom. The van der Waals surface area contributed by atoms with Gasteiger partial charge in [0.2, 0.25) is 5.91 Å². The van der Waals surface area contributed by atoms with Crippen molar-refractivity contribution in [3.05, 3.63) is 28.5 Å². The van der Waals surface area contributed by atoms with Gasteiger partial charge in [-0.25, -0.2) is 4.39 Å². The van der Waals surface area contributed by atoms with Crippen molar-refractivity contribution < 1.29 is 13.9 Å². The summed E-state index contributed by atoms with van der Waals surface area (Å²) >= 11 is 3.21. The standard InChI is InChI=1S/C14H18BrFN2O2/c15-12-9-10(16)1-2-13(12)18-14(19)5-8-20-11-3-6-17-7-4-11/h1-2,9,11,17H,3-8H2,(H,18,19). The van der Waals surface area contributed by atoms with E-state index in [0.29, 0.717) is 23.2 Å². The molecule has 0 aromatic heterocycles. The second-order valence-electron chi connectivity index (χ2n) is 4.74. The lowest BCUT2D eigenvalue weighted by Crippen LogP contribution is -2.33. The minimum absolute atomic E-state index is 0.133. The molecule has 1 aromatic rings. The molecule has 6 heteroatoms. The largest absolute Gasteiger partial charge is 0.378 e. The van der Waals surface area contributed by atoms with Crippen LogP contribution in [0, 0.1) is 5.82 Å². The molecule has 0 saturated carbocycles. The molecule has 2 N–H and O–H groups in total. The van der Waals surface area contributed by atoms with Crippen LogP contribution >= 0.6 is 15.9 Å². The molecule has 1 amide bonds. The van der Waals surface area contributed by atoms with Gasteiger partial charge in [0.05, 0.1) is 24.8 Å². The van der Waals surface area contributed by atoms with E-state index in [0.717, 1.165) is 25.9 Å². The summed E-state index contributed by atoms with van der Waals surface area (Å²) in [6.07, 6.45) is 2.53. The molecule has 20 heavy (non-hydrogen) atoms. The smallest absolute Gasteiger partial charge is 0.226 e. The van der Waals surface area contributed by atoms with Gasteiger partial charge in [-0.1, -0.05) is 0 Å². The summed E-state index contributed by atoms with van der Waals surface area (Å²) in [6.45, 7) is 2.36. The van der Waals surface area contributed by atoms with Gasteiger partial charge in [-0.15, -0.1) is 0 Å². The molecule has 1 aliphatic heterocycles. The van der Waals surface area contributed by atoms with E-state index in [1.54, 1.807) is 0 Å². The number of piperidine rings is 1. The highest BCUT2D eigenvalue weighted by atomic mass is 79.9. The number of hydrogen-bond donors (Lipinski definition) is 2. The van der Waals surface area contributed by atoms with Crippen molar-refractivity contribution in [2.75, 3.05) is 25.0 Å². The Morgan fingerprint density at radius 1 is 1.45 bits per heavy atom. The zero-order valence-corrected chi connectivity index (χ0v) is 12.7. The van der Waals surface area contributed by atoms with E-state index in [9.17, 15) is 9.18 Å². The fourth-order valence-corrected chi connectivity index (χ4v) is 2.53. The van der Waals surface area contributed by atoms with E-state index in [-0.39, 0.29) is 17.8 Å². The van der Waals surface area contributed by atoms with Gasteiger partial charge in [0.25, 0.3) is 0 Å². The molecule has 0 bridgehead atoms. The molecular weight excluding hydrogens is 327 g/mol. The van der Waals surface area contributed by atoms with Crippen molar-refractivity contribution in [3.63, 3.8) is 0 Å². The van der Waals surface area contributed by atoms with Gasteiger partial charge in [0.15, 0.2) is 0 Å². The summed E-state index contributed by atoms with van der Waals surface area (Å²) in [6, 6.07) is 4.16. The van der Waals surface area contributed by atoms with Crippen molar-refractivity contribution in [3.8, 4) is 0 Å². The highest BCUT2D eigenvalue weighted by molar-refractivity contribution is 9.10. The maximum absolute atomic E-state index is 12.9. The summed E-state index contributed by atoms with van der Waals surface area (Å²) in [7, 11) is 0. The quantitative estimate of drug-likeness (QED) is 0.863. The average Bonchev–Trinajstić information content (AvgIpc) is 2.43. The number of hydrogen-bond acceptors (Lipinski definition) is 3. The normalized spacial score (nSPS) is 16.1. The molecule has 0 spiro atoms. The highest BCUT2D eigenvalue weighted by Gasteiger charge is 2.14. The summed E-state index contributed by atoms with van der Waals surface area (Å²) < 4.78 is 19.1. The Balaban J connectivity index is 1.72. The van der Waals surface area contributed by atoms with Crippen LogP contribution in [0.5, 0.6) is 0 Å².